The van der Waals surface area contributed by atoms with E-state index < -0.39 is 17.9 Å². The number of carbonyl (C=O) groups is 2. The maximum atomic E-state index is 14.4. The Morgan fingerprint density at radius 2 is 2.00 bits per heavy atom. The highest BCUT2D eigenvalue weighted by Crippen LogP contribution is 2.54. The summed E-state index contributed by atoms with van der Waals surface area (Å²) in [6.07, 6.45) is 5.56. The van der Waals surface area contributed by atoms with Gasteiger partial charge in [-0.1, -0.05) is 52.3 Å². The predicted octanol–water partition coefficient (Wildman–Crippen LogP) is 6.69. The molecule has 10 heteroatoms. The van der Waals surface area contributed by atoms with Gasteiger partial charge in [0, 0.05) is 59.5 Å². The van der Waals surface area contributed by atoms with E-state index in [-0.39, 0.29) is 29.6 Å². The SMILES string of the molecule is CC(C)C[C@]1(OC(=O)O)C[C@H](c2cnccn2)[C@H](c2nccs2)N1C(=O)c1ccc(C(C)(C)C)c(Cl)c1. The lowest BCUT2D eigenvalue weighted by atomic mass is 9.86. The fourth-order valence-electron chi connectivity index (χ4n) is 5.24. The van der Waals surface area contributed by atoms with Gasteiger partial charge in [-0.2, -0.15) is 0 Å². The Morgan fingerprint density at radius 1 is 1.24 bits per heavy atom. The lowest BCUT2D eigenvalue weighted by Crippen LogP contribution is -2.52. The summed E-state index contributed by atoms with van der Waals surface area (Å²) >= 11 is 8.04. The van der Waals surface area contributed by atoms with Crippen molar-refractivity contribution in [2.45, 2.75) is 70.6 Å². The van der Waals surface area contributed by atoms with Crippen LogP contribution in [0.2, 0.25) is 5.02 Å². The van der Waals surface area contributed by atoms with E-state index >= 15 is 0 Å². The van der Waals surface area contributed by atoms with Crippen molar-refractivity contribution in [3.63, 3.8) is 0 Å². The van der Waals surface area contributed by atoms with Crippen LogP contribution in [0, 0.1) is 5.92 Å². The van der Waals surface area contributed by atoms with Gasteiger partial charge in [-0.3, -0.25) is 19.7 Å². The zero-order valence-corrected chi connectivity index (χ0v) is 23.1. The van der Waals surface area contributed by atoms with Crippen LogP contribution in [0.3, 0.4) is 0 Å². The fraction of sp³-hybridized carbons (Fsp3) is 0.444. The van der Waals surface area contributed by atoms with Crippen molar-refractivity contribution in [3.05, 3.63) is 75.2 Å². The summed E-state index contributed by atoms with van der Waals surface area (Å²) in [7, 11) is 0. The average molecular weight is 543 g/mol. The second kappa shape index (κ2) is 10.4. The molecule has 0 bridgehead atoms. The van der Waals surface area contributed by atoms with Crippen molar-refractivity contribution in [2.75, 3.05) is 0 Å². The second-order valence-corrected chi connectivity index (χ2v) is 12.1. The molecule has 0 radical (unpaired) electrons. The van der Waals surface area contributed by atoms with Crippen molar-refractivity contribution in [1.82, 2.24) is 19.9 Å². The van der Waals surface area contributed by atoms with Crippen LogP contribution < -0.4 is 0 Å². The highest BCUT2D eigenvalue weighted by molar-refractivity contribution is 7.09. The van der Waals surface area contributed by atoms with Crippen LogP contribution in [0.15, 0.2) is 48.4 Å². The third-order valence-electron chi connectivity index (χ3n) is 6.55. The summed E-state index contributed by atoms with van der Waals surface area (Å²) in [5.41, 5.74) is 0.254. The Morgan fingerprint density at radius 3 is 2.54 bits per heavy atom. The van der Waals surface area contributed by atoms with Gasteiger partial charge in [0.2, 0.25) is 0 Å². The molecule has 1 fully saturated rings. The number of benzene rings is 1. The summed E-state index contributed by atoms with van der Waals surface area (Å²) in [4.78, 5) is 41.3. The number of hydrogen-bond donors (Lipinski definition) is 1. The molecule has 196 valence electrons. The molecule has 1 aliphatic heterocycles. The van der Waals surface area contributed by atoms with Gasteiger partial charge in [0.15, 0.2) is 5.72 Å². The Kier molecular flexibility index (Phi) is 7.57. The van der Waals surface area contributed by atoms with E-state index in [2.05, 4.69) is 35.7 Å². The molecule has 1 N–H and O–H groups in total. The highest BCUT2D eigenvalue weighted by atomic mass is 35.5. The first-order chi connectivity index (χ1) is 17.4. The lowest BCUT2D eigenvalue weighted by Gasteiger charge is -2.40. The smallest absolute Gasteiger partial charge is 0.450 e. The topological polar surface area (TPSA) is 106 Å². The number of nitrogens with zero attached hydrogens (tertiary/aromatic N) is 4. The van der Waals surface area contributed by atoms with E-state index in [1.165, 1.54) is 11.3 Å². The van der Waals surface area contributed by atoms with E-state index in [0.717, 1.165) is 5.56 Å². The minimum Gasteiger partial charge on any atom is -0.450 e. The van der Waals surface area contributed by atoms with Crippen LogP contribution in [-0.2, 0) is 10.2 Å². The van der Waals surface area contributed by atoms with Crippen LogP contribution in [-0.4, -0.2) is 42.7 Å². The van der Waals surface area contributed by atoms with Crippen molar-refractivity contribution in [1.29, 1.82) is 0 Å². The minimum atomic E-state index is -1.45. The summed E-state index contributed by atoms with van der Waals surface area (Å²) in [6, 6.07) is 4.64. The van der Waals surface area contributed by atoms with Crippen molar-refractivity contribution < 1.29 is 19.4 Å². The first-order valence-corrected chi connectivity index (χ1v) is 13.4. The molecule has 37 heavy (non-hydrogen) atoms. The molecule has 3 heterocycles. The molecular weight excluding hydrogens is 512 g/mol. The maximum absolute atomic E-state index is 14.4. The normalized spacial score (nSPS) is 21.9. The van der Waals surface area contributed by atoms with Gasteiger partial charge >= 0.3 is 6.16 Å². The molecule has 1 saturated heterocycles. The number of likely N-dealkylation sites (tertiary alicyclic amines) is 1. The third kappa shape index (κ3) is 5.48. The van der Waals surface area contributed by atoms with Gasteiger partial charge in [0.05, 0.1) is 11.7 Å². The molecule has 0 unspecified atom stereocenters. The van der Waals surface area contributed by atoms with Gasteiger partial charge in [-0.05, 0) is 29.0 Å². The Balaban J connectivity index is 1.92. The van der Waals surface area contributed by atoms with Gasteiger partial charge in [-0.25, -0.2) is 9.78 Å². The molecule has 1 aliphatic rings. The molecule has 3 atom stereocenters. The molecule has 1 amide bonds. The number of rotatable bonds is 6. The van der Waals surface area contributed by atoms with Crippen LogP contribution in [0.25, 0.3) is 0 Å². The van der Waals surface area contributed by atoms with E-state index in [4.69, 9.17) is 16.3 Å². The highest BCUT2D eigenvalue weighted by Gasteiger charge is 2.59. The average Bonchev–Trinajstić information content (AvgIpc) is 3.44. The number of carbonyl (C=O) groups excluding carboxylic acids is 1. The van der Waals surface area contributed by atoms with E-state index in [1.54, 1.807) is 41.8 Å². The molecule has 0 aliphatic carbocycles. The molecule has 2 aromatic heterocycles. The van der Waals surface area contributed by atoms with Gasteiger partial charge in [0.1, 0.15) is 5.01 Å². The summed E-state index contributed by atoms with van der Waals surface area (Å²) in [5.74, 6) is -0.735. The molecule has 3 aromatic rings. The summed E-state index contributed by atoms with van der Waals surface area (Å²) < 4.78 is 5.67. The first kappa shape index (κ1) is 27.0. The maximum Gasteiger partial charge on any atom is 0.507 e. The number of hydrogen-bond acceptors (Lipinski definition) is 7. The zero-order chi connectivity index (χ0) is 27.0. The van der Waals surface area contributed by atoms with E-state index in [0.29, 0.717) is 27.7 Å². The molecular formula is C27H31ClN4O4S. The van der Waals surface area contributed by atoms with Crippen LogP contribution in [0.5, 0.6) is 0 Å². The monoisotopic (exact) mass is 542 g/mol. The largest absolute Gasteiger partial charge is 0.507 e. The van der Waals surface area contributed by atoms with Crippen molar-refractivity contribution >= 4 is 35.0 Å². The Bertz CT molecular complexity index is 1260. The van der Waals surface area contributed by atoms with Crippen LogP contribution >= 0.6 is 22.9 Å². The van der Waals surface area contributed by atoms with E-state index in [1.807, 2.05) is 25.3 Å². The molecule has 8 nitrogen and oxygen atoms in total. The quantitative estimate of drug-likeness (QED) is 0.346. The second-order valence-electron chi connectivity index (χ2n) is 10.8. The Labute approximate surface area is 225 Å². The summed E-state index contributed by atoms with van der Waals surface area (Å²) in [6.45, 7) is 10.1. The molecule has 0 saturated carbocycles. The number of amides is 1. The lowest BCUT2D eigenvalue weighted by molar-refractivity contribution is -0.108. The van der Waals surface area contributed by atoms with Gasteiger partial charge in [-0.15, -0.1) is 11.3 Å². The number of halogens is 1. The van der Waals surface area contributed by atoms with Gasteiger partial charge < -0.3 is 9.84 Å². The van der Waals surface area contributed by atoms with Crippen molar-refractivity contribution in [3.8, 4) is 0 Å². The molecule has 4 rings (SSSR count). The molecule has 0 spiro atoms. The van der Waals surface area contributed by atoms with E-state index in [9.17, 15) is 14.7 Å². The fourth-order valence-corrected chi connectivity index (χ4v) is 6.50. The molecule has 1 aromatic carbocycles. The number of carboxylic acid groups (broad SMARTS) is 1. The minimum absolute atomic E-state index is 0.0269. The van der Waals surface area contributed by atoms with Gasteiger partial charge in [0.25, 0.3) is 5.91 Å². The standard InChI is InChI=1S/C27H31ClN4O4S/c1-16(2)13-27(36-25(34)35)14-18(21-15-29-8-9-30-21)22(23-31-10-11-37-23)32(27)24(33)17-6-7-19(20(28)12-17)26(3,4)5/h6-12,15-16,18,22H,13-14H2,1-5H3,(H,34,35)/t18-,22-,27+/m1/s1. The number of thiazole rings is 1. The van der Waals surface area contributed by atoms with Crippen LogP contribution in [0.1, 0.15) is 86.0 Å². The first-order valence-electron chi connectivity index (χ1n) is 12.1. The van der Waals surface area contributed by atoms with Crippen LogP contribution in [0.4, 0.5) is 4.79 Å². The summed E-state index contributed by atoms with van der Waals surface area (Å²) in [5, 5.41) is 12.8. The predicted molar refractivity (Wildman–Crippen MR) is 142 cm³/mol. The number of ether oxygens (including phenoxy) is 1. The third-order valence-corrected chi connectivity index (χ3v) is 7.71. The Hall–Kier alpha value is -3.04. The zero-order valence-electron chi connectivity index (χ0n) is 21.5. The van der Waals surface area contributed by atoms with Crippen molar-refractivity contribution in [2.24, 2.45) is 5.92 Å². The number of aromatic nitrogens is 3.